The first-order valence-electron chi connectivity index (χ1n) is 8.91. The van der Waals surface area contributed by atoms with Gasteiger partial charge in [0, 0.05) is 25.1 Å². The molecule has 0 saturated heterocycles. The third-order valence-electron chi connectivity index (χ3n) is 4.88. The van der Waals surface area contributed by atoms with Crippen molar-refractivity contribution in [2.45, 2.75) is 13.0 Å². The molecule has 0 aliphatic carbocycles. The number of aromatic nitrogens is 6. The van der Waals surface area contributed by atoms with Crippen LogP contribution >= 0.6 is 11.3 Å². The van der Waals surface area contributed by atoms with Crippen LogP contribution < -0.4 is 11.3 Å². The Labute approximate surface area is 168 Å². The second-order valence-corrected chi connectivity index (χ2v) is 7.91. The standard InChI is InChI=1S/C19H17N7O2S/c1-25-16-12(17-18(25)23-15(29-17)7-11-4-5-21-24-11)8-22-26(19(16)28)9-10-2-3-14(27)13(20)6-10/h2-6,8,27H,7,9,20H2,1H3,(H,21,24). The van der Waals surface area contributed by atoms with E-state index >= 15 is 0 Å². The molecular formula is C19H17N7O2S. The Kier molecular flexibility index (Phi) is 3.88. The smallest absolute Gasteiger partial charge is 0.291 e. The fourth-order valence-corrected chi connectivity index (χ4v) is 4.56. The predicted octanol–water partition coefficient (Wildman–Crippen LogP) is 1.99. The molecule has 1 aromatic carbocycles. The van der Waals surface area contributed by atoms with Crippen LogP contribution in [0.1, 0.15) is 16.3 Å². The molecular weight excluding hydrogens is 390 g/mol. The van der Waals surface area contributed by atoms with E-state index in [2.05, 4.69) is 15.3 Å². The minimum Gasteiger partial charge on any atom is -0.506 e. The number of thiazole rings is 1. The number of hydrogen-bond acceptors (Lipinski definition) is 7. The van der Waals surface area contributed by atoms with Gasteiger partial charge in [0.25, 0.3) is 5.56 Å². The van der Waals surface area contributed by atoms with E-state index in [9.17, 15) is 9.90 Å². The molecule has 5 rings (SSSR count). The van der Waals surface area contributed by atoms with Crippen LogP contribution in [-0.4, -0.2) is 34.6 Å². The number of nitrogens with zero attached hydrogens (tertiary/aromatic N) is 5. The molecule has 4 N–H and O–H groups in total. The highest BCUT2D eigenvalue weighted by Crippen LogP contribution is 2.31. The van der Waals surface area contributed by atoms with E-state index in [1.54, 1.807) is 35.9 Å². The number of nitrogen functional groups attached to an aromatic ring is 1. The van der Waals surface area contributed by atoms with E-state index in [1.165, 1.54) is 10.7 Å². The summed E-state index contributed by atoms with van der Waals surface area (Å²) in [7, 11) is 1.84. The topological polar surface area (TPSA) is 128 Å². The Balaban J connectivity index is 1.57. The van der Waals surface area contributed by atoms with E-state index in [4.69, 9.17) is 10.7 Å². The van der Waals surface area contributed by atoms with E-state index in [-0.39, 0.29) is 23.5 Å². The summed E-state index contributed by atoms with van der Waals surface area (Å²) in [6, 6.07) is 6.79. The Bertz CT molecular complexity index is 1410. The maximum Gasteiger partial charge on any atom is 0.291 e. The van der Waals surface area contributed by atoms with Gasteiger partial charge in [0.2, 0.25) is 0 Å². The number of aryl methyl sites for hydroxylation is 1. The number of nitrogens with two attached hydrogens (primary N) is 1. The molecule has 9 nitrogen and oxygen atoms in total. The number of benzene rings is 1. The summed E-state index contributed by atoms with van der Waals surface area (Å²) in [6.45, 7) is 0.260. The molecule has 0 amide bonds. The van der Waals surface area contributed by atoms with Crippen LogP contribution in [0, 0.1) is 0 Å². The summed E-state index contributed by atoms with van der Waals surface area (Å²) < 4.78 is 4.15. The molecule has 10 heteroatoms. The van der Waals surface area contributed by atoms with Crippen molar-refractivity contribution < 1.29 is 5.11 Å². The summed E-state index contributed by atoms with van der Waals surface area (Å²) in [5.41, 5.74) is 8.85. The number of rotatable bonds is 4. The number of fused-ring (bicyclic) bond motifs is 3. The van der Waals surface area contributed by atoms with Gasteiger partial charge in [-0.05, 0) is 23.8 Å². The molecule has 0 spiro atoms. The predicted molar refractivity (Wildman–Crippen MR) is 111 cm³/mol. The maximum absolute atomic E-state index is 13.1. The third-order valence-corrected chi connectivity index (χ3v) is 5.96. The number of anilines is 1. The number of nitrogens with one attached hydrogen (secondary N) is 1. The normalized spacial score (nSPS) is 11.6. The average molecular weight is 407 g/mol. The molecule has 146 valence electrons. The van der Waals surface area contributed by atoms with Crippen LogP contribution in [-0.2, 0) is 20.0 Å². The summed E-state index contributed by atoms with van der Waals surface area (Å²) in [5, 5.41) is 22.6. The monoisotopic (exact) mass is 407 g/mol. The summed E-state index contributed by atoms with van der Waals surface area (Å²) in [4.78, 5) is 17.8. The Morgan fingerprint density at radius 3 is 2.93 bits per heavy atom. The number of phenols is 1. The van der Waals surface area contributed by atoms with Gasteiger partial charge in [0.05, 0.1) is 28.8 Å². The van der Waals surface area contributed by atoms with Crippen molar-refractivity contribution in [3.8, 4) is 5.75 Å². The lowest BCUT2D eigenvalue weighted by Gasteiger charge is -2.07. The SMILES string of the molecule is Cn1c2nc(Cc3cc[nH]n3)sc2c2cnn(Cc3ccc(O)c(N)c3)c(=O)c21. The lowest BCUT2D eigenvalue weighted by Crippen LogP contribution is -2.24. The number of aromatic amines is 1. The number of phenolic OH excluding ortho intramolecular Hbond substituents is 1. The quantitative estimate of drug-likeness (QED) is 0.309. The second-order valence-electron chi connectivity index (χ2n) is 6.82. The van der Waals surface area contributed by atoms with Gasteiger partial charge in [-0.15, -0.1) is 11.3 Å². The molecule has 4 aromatic heterocycles. The largest absolute Gasteiger partial charge is 0.506 e. The van der Waals surface area contributed by atoms with Gasteiger partial charge in [0.1, 0.15) is 16.3 Å². The third kappa shape index (κ3) is 2.85. The van der Waals surface area contributed by atoms with E-state index in [0.717, 1.165) is 32.0 Å². The fourth-order valence-electron chi connectivity index (χ4n) is 3.44. The Hall–Kier alpha value is -3.66. The molecule has 0 radical (unpaired) electrons. The van der Waals surface area contributed by atoms with E-state index in [0.29, 0.717) is 11.9 Å². The number of H-pyrrole nitrogens is 1. The molecule has 29 heavy (non-hydrogen) atoms. The molecule has 0 bridgehead atoms. The summed E-state index contributed by atoms with van der Waals surface area (Å²) >= 11 is 1.55. The van der Waals surface area contributed by atoms with Crippen molar-refractivity contribution in [1.29, 1.82) is 0 Å². The molecule has 0 fully saturated rings. The van der Waals surface area contributed by atoms with Crippen molar-refractivity contribution in [1.82, 2.24) is 29.5 Å². The number of hydrogen-bond donors (Lipinski definition) is 3. The van der Waals surface area contributed by atoms with Crippen molar-refractivity contribution in [2.24, 2.45) is 7.05 Å². The molecule has 5 aromatic rings. The highest BCUT2D eigenvalue weighted by Gasteiger charge is 2.18. The first-order chi connectivity index (χ1) is 14.0. The zero-order chi connectivity index (χ0) is 20.1. The van der Waals surface area contributed by atoms with Crippen LogP contribution in [0.15, 0.2) is 41.5 Å². The minimum absolute atomic E-state index is 0.0175. The van der Waals surface area contributed by atoms with Gasteiger partial charge in [-0.2, -0.15) is 10.2 Å². The zero-order valence-corrected chi connectivity index (χ0v) is 16.3. The van der Waals surface area contributed by atoms with E-state index < -0.39 is 0 Å². The van der Waals surface area contributed by atoms with Crippen molar-refractivity contribution in [3.05, 3.63) is 63.3 Å². The number of aromatic hydroxyl groups is 1. The van der Waals surface area contributed by atoms with Gasteiger partial charge in [0.15, 0.2) is 5.65 Å². The van der Waals surface area contributed by atoms with Gasteiger partial charge in [-0.3, -0.25) is 9.89 Å². The molecule has 0 unspecified atom stereocenters. The highest BCUT2D eigenvalue weighted by atomic mass is 32.1. The molecule has 0 atom stereocenters. The van der Waals surface area contributed by atoms with Gasteiger partial charge >= 0.3 is 0 Å². The average Bonchev–Trinajstić information content (AvgIpc) is 3.40. The van der Waals surface area contributed by atoms with Crippen molar-refractivity contribution in [2.75, 3.05) is 5.73 Å². The first kappa shape index (κ1) is 17.4. The zero-order valence-electron chi connectivity index (χ0n) is 15.5. The van der Waals surface area contributed by atoms with Crippen molar-refractivity contribution in [3.63, 3.8) is 0 Å². The lowest BCUT2D eigenvalue weighted by atomic mass is 10.2. The Morgan fingerprint density at radius 2 is 2.17 bits per heavy atom. The van der Waals surface area contributed by atoms with Gasteiger partial charge in [-0.1, -0.05) is 6.07 Å². The molecule has 0 aliphatic heterocycles. The first-order valence-corrected chi connectivity index (χ1v) is 9.73. The highest BCUT2D eigenvalue weighted by molar-refractivity contribution is 7.19. The van der Waals surface area contributed by atoms with Gasteiger partial charge < -0.3 is 15.4 Å². The van der Waals surface area contributed by atoms with Crippen LogP contribution in [0.25, 0.3) is 21.3 Å². The van der Waals surface area contributed by atoms with E-state index in [1.807, 2.05) is 17.7 Å². The summed E-state index contributed by atoms with van der Waals surface area (Å²) in [5.74, 6) is 0.0175. The fraction of sp³-hybridized carbons (Fsp3) is 0.158. The molecule has 0 saturated carbocycles. The van der Waals surface area contributed by atoms with Gasteiger partial charge in [-0.25, -0.2) is 9.67 Å². The maximum atomic E-state index is 13.1. The second kappa shape index (κ2) is 6.45. The van der Waals surface area contributed by atoms with Crippen LogP contribution in [0.5, 0.6) is 5.75 Å². The molecule has 0 aliphatic rings. The summed E-state index contributed by atoms with van der Waals surface area (Å²) in [6.07, 6.45) is 4.13. The minimum atomic E-state index is -0.198. The lowest BCUT2D eigenvalue weighted by molar-refractivity contribution is 0.477. The van der Waals surface area contributed by atoms with Crippen LogP contribution in [0.4, 0.5) is 5.69 Å². The van der Waals surface area contributed by atoms with Crippen molar-refractivity contribution >= 4 is 38.3 Å². The Morgan fingerprint density at radius 1 is 1.31 bits per heavy atom. The van der Waals surface area contributed by atoms with Crippen LogP contribution in [0.3, 0.4) is 0 Å². The molecule has 4 heterocycles. The van der Waals surface area contributed by atoms with Crippen LogP contribution in [0.2, 0.25) is 0 Å².